The topological polar surface area (TPSA) is 97.4 Å². The maximum Gasteiger partial charge on any atom is 0.378 e. The van der Waals surface area contributed by atoms with E-state index in [9.17, 15) is 9.59 Å². The van der Waals surface area contributed by atoms with E-state index in [1.165, 1.54) is 0 Å². The van der Waals surface area contributed by atoms with E-state index in [1.807, 2.05) is 36.1 Å². The summed E-state index contributed by atoms with van der Waals surface area (Å²) in [5.41, 5.74) is 1.06. The van der Waals surface area contributed by atoms with E-state index in [0.29, 0.717) is 38.4 Å². The van der Waals surface area contributed by atoms with Crippen LogP contribution < -0.4 is 4.74 Å². The van der Waals surface area contributed by atoms with Crippen LogP contribution in [0.5, 0.6) is 5.75 Å². The molecule has 0 atom stereocenters. The number of aromatic nitrogens is 3. The fourth-order valence-electron chi connectivity index (χ4n) is 3.55. The fraction of sp³-hybridized carbons (Fsp3) is 0.524. The number of H-pyrrole nitrogens is 1. The van der Waals surface area contributed by atoms with Crippen molar-refractivity contribution in [2.75, 3.05) is 26.3 Å². The first-order valence-corrected chi connectivity index (χ1v) is 10.2. The standard InChI is InChI=1S/C21H28N4O4/c1-3-28-17-8-6-5-7-15(17)9-10-18(26)25-13-11-16(12-14-25)19-22-20(24-23-19)21(27)29-4-2/h5-8,16H,3-4,9-14H2,1-2H3,(H,22,23,24). The summed E-state index contributed by atoms with van der Waals surface area (Å²) >= 11 is 0. The van der Waals surface area contributed by atoms with E-state index in [-0.39, 0.29) is 24.3 Å². The number of benzene rings is 1. The molecule has 0 saturated carbocycles. The van der Waals surface area contributed by atoms with Gasteiger partial charge in [-0.2, -0.15) is 0 Å². The van der Waals surface area contributed by atoms with Crippen molar-refractivity contribution < 1.29 is 19.1 Å². The Hall–Kier alpha value is -2.90. The van der Waals surface area contributed by atoms with Crippen LogP contribution in [-0.2, 0) is 16.0 Å². The van der Waals surface area contributed by atoms with Crippen LogP contribution in [0.3, 0.4) is 0 Å². The molecule has 0 radical (unpaired) electrons. The van der Waals surface area contributed by atoms with Crippen LogP contribution in [0.25, 0.3) is 0 Å². The van der Waals surface area contributed by atoms with Crippen LogP contribution >= 0.6 is 0 Å². The molecule has 0 spiro atoms. The van der Waals surface area contributed by atoms with Crippen LogP contribution in [0, 0.1) is 0 Å². The molecule has 8 nitrogen and oxygen atoms in total. The van der Waals surface area contributed by atoms with Crippen molar-refractivity contribution in [1.29, 1.82) is 0 Å². The molecule has 0 bridgehead atoms. The summed E-state index contributed by atoms with van der Waals surface area (Å²) in [7, 11) is 0. The van der Waals surface area contributed by atoms with E-state index in [4.69, 9.17) is 9.47 Å². The van der Waals surface area contributed by atoms with Crippen LogP contribution in [-0.4, -0.2) is 58.3 Å². The van der Waals surface area contributed by atoms with Crippen molar-refractivity contribution in [2.24, 2.45) is 0 Å². The molecule has 1 aromatic heterocycles. The normalized spacial score (nSPS) is 14.6. The minimum Gasteiger partial charge on any atom is -0.494 e. The first-order chi connectivity index (χ1) is 14.1. The zero-order valence-corrected chi connectivity index (χ0v) is 17.0. The first kappa shape index (κ1) is 20.8. The number of carbonyl (C=O) groups is 2. The van der Waals surface area contributed by atoms with Gasteiger partial charge in [-0.15, -0.1) is 5.10 Å². The van der Waals surface area contributed by atoms with Crippen molar-refractivity contribution in [1.82, 2.24) is 20.1 Å². The fourth-order valence-corrected chi connectivity index (χ4v) is 3.55. The van der Waals surface area contributed by atoms with Gasteiger partial charge in [0.2, 0.25) is 5.91 Å². The molecule has 2 aromatic rings. The lowest BCUT2D eigenvalue weighted by molar-refractivity contribution is -0.132. The summed E-state index contributed by atoms with van der Waals surface area (Å²) in [6.07, 6.45) is 2.71. The maximum atomic E-state index is 12.6. The Labute approximate surface area is 170 Å². The molecule has 1 aliphatic heterocycles. The zero-order chi connectivity index (χ0) is 20.6. The van der Waals surface area contributed by atoms with Crippen molar-refractivity contribution in [3.63, 3.8) is 0 Å². The van der Waals surface area contributed by atoms with Gasteiger partial charge < -0.3 is 14.4 Å². The third-order valence-corrected chi connectivity index (χ3v) is 5.08. The van der Waals surface area contributed by atoms with Crippen LogP contribution in [0.15, 0.2) is 24.3 Å². The lowest BCUT2D eigenvalue weighted by Gasteiger charge is -2.31. The number of amides is 1. The molecule has 0 aliphatic carbocycles. The van der Waals surface area contributed by atoms with Gasteiger partial charge in [-0.1, -0.05) is 18.2 Å². The first-order valence-electron chi connectivity index (χ1n) is 10.2. The van der Waals surface area contributed by atoms with Crippen LogP contribution in [0.1, 0.15) is 61.0 Å². The number of rotatable bonds is 8. The second-order valence-electron chi connectivity index (χ2n) is 6.96. The summed E-state index contributed by atoms with van der Waals surface area (Å²) in [4.78, 5) is 30.5. The Balaban J connectivity index is 1.49. The summed E-state index contributed by atoms with van der Waals surface area (Å²) < 4.78 is 10.6. The Kier molecular flexibility index (Phi) is 7.21. The average molecular weight is 400 g/mol. The summed E-state index contributed by atoms with van der Waals surface area (Å²) in [6, 6.07) is 7.86. The van der Waals surface area contributed by atoms with Gasteiger partial charge in [0.1, 0.15) is 11.6 Å². The number of esters is 1. The quantitative estimate of drug-likeness (QED) is 0.684. The van der Waals surface area contributed by atoms with E-state index in [1.54, 1.807) is 6.92 Å². The number of ether oxygens (including phenoxy) is 2. The van der Waals surface area contributed by atoms with Gasteiger partial charge in [0.25, 0.3) is 5.82 Å². The Bertz CT molecular complexity index is 828. The minimum absolute atomic E-state index is 0.0633. The smallest absolute Gasteiger partial charge is 0.378 e. The predicted molar refractivity (Wildman–Crippen MR) is 107 cm³/mol. The number of hydrogen-bond donors (Lipinski definition) is 1. The van der Waals surface area contributed by atoms with Crippen molar-refractivity contribution in [3.8, 4) is 5.75 Å². The Morgan fingerprint density at radius 2 is 1.93 bits per heavy atom. The summed E-state index contributed by atoms with van der Waals surface area (Å²) in [5, 5.41) is 6.79. The molecule has 0 unspecified atom stereocenters. The van der Waals surface area contributed by atoms with Crippen molar-refractivity contribution >= 4 is 11.9 Å². The highest BCUT2D eigenvalue weighted by molar-refractivity contribution is 5.84. The predicted octanol–water partition coefficient (Wildman–Crippen LogP) is 2.72. The SMILES string of the molecule is CCOC(=O)c1n[nH]c(C2CCN(C(=O)CCc3ccccc3OCC)CC2)n1. The molecule has 156 valence electrons. The lowest BCUT2D eigenvalue weighted by Crippen LogP contribution is -2.38. The van der Waals surface area contributed by atoms with Gasteiger partial charge in [0, 0.05) is 25.4 Å². The summed E-state index contributed by atoms with van der Waals surface area (Å²) in [6.45, 7) is 5.94. The van der Waals surface area contributed by atoms with Gasteiger partial charge in [-0.05, 0) is 44.7 Å². The number of nitrogens with one attached hydrogen (secondary N) is 1. The summed E-state index contributed by atoms with van der Waals surface area (Å²) in [5.74, 6) is 1.39. The number of aromatic amines is 1. The number of hydrogen-bond acceptors (Lipinski definition) is 6. The van der Waals surface area contributed by atoms with Gasteiger partial charge in [0.05, 0.1) is 13.2 Å². The molecule has 1 aliphatic rings. The van der Waals surface area contributed by atoms with Gasteiger partial charge in [-0.25, -0.2) is 9.78 Å². The molecule has 8 heteroatoms. The second kappa shape index (κ2) is 10.0. The lowest BCUT2D eigenvalue weighted by atomic mass is 9.95. The largest absolute Gasteiger partial charge is 0.494 e. The molecule has 1 aromatic carbocycles. The number of likely N-dealkylation sites (tertiary alicyclic amines) is 1. The molecule has 1 saturated heterocycles. The number of aryl methyl sites for hydroxylation is 1. The highest BCUT2D eigenvalue weighted by Gasteiger charge is 2.27. The minimum atomic E-state index is -0.519. The highest BCUT2D eigenvalue weighted by atomic mass is 16.5. The Morgan fingerprint density at radius 3 is 2.66 bits per heavy atom. The van der Waals surface area contributed by atoms with Gasteiger partial charge >= 0.3 is 5.97 Å². The number of nitrogens with zero attached hydrogens (tertiary/aromatic N) is 3. The maximum absolute atomic E-state index is 12.6. The third-order valence-electron chi connectivity index (χ3n) is 5.08. The monoisotopic (exact) mass is 400 g/mol. The van der Waals surface area contributed by atoms with Gasteiger partial charge in [-0.3, -0.25) is 9.89 Å². The molecule has 1 N–H and O–H groups in total. The molecule has 2 heterocycles. The molecule has 3 rings (SSSR count). The average Bonchev–Trinajstić information content (AvgIpc) is 3.24. The Morgan fingerprint density at radius 1 is 1.17 bits per heavy atom. The number of piperidine rings is 1. The number of para-hydroxylation sites is 1. The van der Waals surface area contributed by atoms with Crippen molar-refractivity contribution in [2.45, 2.75) is 45.4 Å². The van der Waals surface area contributed by atoms with E-state index < -0.39 is 5.97 Å². The third kappa shape index (κ3) is 5.34. The molecule has 1 fully saturated rings. The number of carbonyl (C=O) groups excluding carboxylic acids is 2. The van der Waals surface area contributed by atoms with E-state index >= 15 is 0 Å². The van der Waals surface area contributed by atoms with Crippen LogP contribution in [0.2, 0.25) is 0 Å². The zero-order valence-electron chi connectivity index (χ0n) is 17.0. The molecule has 29 heavy (non-hydrogen) atoms. The van der Waals surface area contributed by atoms with Crippen LogP contribution in [0.4, 0.5) is 0 Å². The molecular formula is C21H28N4O4. The molecule has 1 amide bonds. The highest BCUT2D eigenvalue weighted by Crippen LogP contribution is 2.26. The van der Waals surface area contributed by atoms with Gasteiger partial charge in [0.15, 0.2) is 0 Å². The second-order valence-corrected chi connectivity index (χ2v) is 6.96. The molecular weight excluding hydrogens is 372 g/mol. The van der Waals surface area contributed by atoms with E-state index in [2.05, 4.69) is 15.2 Å². The van der Waals surface area contributed by atoms with Crippen molar-refractivity contribution in [3.05, 3.63) is 41.5 Å². The van der Waals surface area contributed by atoms with E-state index in [0.717, 1.165) is 24.2 Å².